The molecule has 1 aromatic heterocycles. The Morgan fingerprint density at radius 3 is 2.61 bits per heavy atom. The fourth-order valence-electron chi connectivity index (χ4n) is 5.25. The first-order valence-electron chi connectivity index (χ1n) is 13.2. The predicted octanol–water partition coefficient (Wildman–Crippen LogP) is 4.69. The third-order valence-electron chi connectivity index (χ3n) is 7.52. The summed E-state index contributed by atoms with van der Waals surface area (Å²) in [5, 5.41) is 3.39. The Kier molecular flexibility index (Phi) is 7.10. The van der Waals surface area contributed by atoms with Gasteiger partial charge in [0.2, 0.25) is 5.91 Å². The van der Waals surface area contributed by atoms with Gasteiger partial charge in [-0.25, -0.2) is 0 Å². The molecule has 1 saturated carbocycles. The molecule has 0 spiro atoms. The largest absolute Gasteiger partial charge is 0.454 e. The Hall–Kier alpha value is -3.19. The zero-order valence-electron chi connectivity index (χ0n) is 21.6. The summed E-state index contributed by atoms with van der Waals surface area (Å²) in [5.74, 6) is 1.84. The molecule has 36 heavy (non-hydrogen) atoms. The third-order valence-corrected chi connectivity index (χ3v) is 7.52. The summed E-state index contributed by atoms with van der Waals surface area (Å²) < 4.78 is 6.64. The number of amides is 1. The highest BCUT2D eigenvalue weighted by molar-refractivity contribution is 6.11. The van der Waals surface area contributed by atoms with E-state index in [1.54, 1.807) is 6.20 Å². The molecule has 2 aliphatic heterocycles. The van der Waals surface area contributed by atoms with Crippen LogP contribution in [0.15, 0.2) is 35.5 Å². The molecule has 0 bridgehead atoms. The minimum atomic E-state index is 0.155. The number of nitrogens with zero attached hydrogens (tertiary/aromatic N) is 3. The monoisotopic (exact) mass is 487 g/mol. The number of hydrogen-bond donors (Lipinski definition) is 2. The lowest BCUT2D eigenvalue weighted by molar-refractivity contribution is -0.120. The number of carbonyl (C=O) groups excluding carboxylic acids is 1. The van der Waals surface area contributed by atoms with Crippen molar-refractivity contribution in [2.75, 3.05) is 18.0 Å². The number of ether oxygens (including phenoxy) is 1. The van der Waals surface area contributed by atoms with E-state index in [2.05, 4.69) is 23.3 Å². The summed E-state index contributed by atoms with van der Waals surface area (Å²) in [6.07, 6.45) is 9.23. The van der Waals surface area contributed by atoms with Crippen LogP contribution in [0.1, 0.15) is 61.5 Å². The number of carbonyl (C=O) groups is 1. The van der Waals surface area contributed by atoms with Gasteiger partial charge in [0.25, 0.3) is 0 Å². The second-order valence-electron chi connectivity index (χ2n) is 10.3. The normalized spacial score (nSPS) is 21.0. The van der Waals surface area contributed by atoms with E-state index in [1.165, 1.54) is 0 Å². The number of aliphatic imine (C=N–C) groups is 1. The molecule has 3 N–H and O–H groups in total. The maximum Gasteiger partial charge on any atom is 0.230 e. The molecule has 3 aliphatic rings. The molecule has 7 heteroatoms. The van der Waals surface area contributed by atoms with Gasteiger partial charge < -0.3 is 20.7 Å². The van der Waals surface area contributed by atoms with Crippen LogP contribution in [0.25, 0.3) is 5.57 Å². The number of piperidine rings is 1. The first-order chi connectivity index (χ1) is 17.5. The summed E-state index contributed by atoms with van der Waals surface area (Å²) >= 11 is 0. The number of benzene rings is 1. The average molecular weight is 488 g/mol. The van der Waals surface area contributed by atoms with Gasteiger partial charge in [0.15, 0.2) is 0 Å². The first-order valence-corrected chi connectivity index (χ1v) is 13.2. The third kappa shape index (κ3) is 5.03. The number of anilines is 1. The van der Waals surface area contributed by atoms with Gasteiger partial charge in [-0.15, -0.1) is 0 Å². The van der Waals surface area contributed by atoms with E-state index in [-0.39, 0.29) is 17.9 Å². The SMILES string of the molecule is Cc1ccc(Oc2c(C(C=NC3CCNCC3)=CN)ccc3c2CC[C@H](C)N3C(=O)C2CC2)c(C)n1. The zero-order valence-corrected chi connectivity index (χ0v) is 21.6. The van der Waals surface area contributed by atoms with Crippen molar-refractivity contribution in [2.45, 2.75) is 71.4 Å². The van der Waals surface area contributed by atoms with Crippen LogP contribution in [-0.4, -0.2) is 42.3 Å². The molecule has 1 saturated heterocycles. The smallest absolute Gasteiger partial charge is 0.230 e. The number of rotatable bonds is 6. The van der Waals surface area contributed by atoms with Gasteiger partial charge in [-0.1, -0.05) is 0 Å². The molecule has 2 fully saturated rings. The fraction of sp³-hybridized carbons (Fsp3) is 0.483. The van der Waals surface area contributed by atoms with Gasteiger partial charge >= 0.3 is 0 Å². The van der Waals surface area contributed by atoms with Gasteiger partial charge in [0, 0.05) is 46.8 Å². The summed E-state index contributed by atoms with van der Waals surface area (Å²) in [7, 11) is 0. The van der Waals surface area contributed by atoms with Gasteiger partial charge in [0.05, 0.1) is 17.4 Å². The van der Waals surface area contributed by atoms with Crippen LogP contribution in [0.3, 0.4) is 0 Å². The molecule has 0 radical (unpaired) electrons. The van der Waals surface area contributed by atoms with E-state index in [0.717, 1.165) is 91.1 Å². The van der Waals surface area contributed by atoms with Crippen LogP contribution >= 0.6 is 0 Å². The lowest BCUT2D eigenvalue weighted by atomic mass is 9.91. The molecule has 1 aliphatic carbocycles. The Morgan fingerprint density at radius 2 is 1.92 bits per heavy atom. The lowest BCUT2D eigenvalue weighted by Gasteiger charge is -2.37. The molecular formula is C29H37N5O2. The number of hydrogen-bond acceptors (Lipinski definition) is 6. The van der Waals surface area contributed by atoms with E-state index in [9.17, 15) is 4.79 Å². The number of nitrogens with two attached hydrogens (primary N) is 1. The van der Waals surface area contributed by atoms with E-state index >= 15 is 0 Å². The maximum atomic E-state index is 13.3. The Bertz CT molecular complexity index is 1190. The fourth-order valence-corrected chi connectivity index (χ4v) is 5.25. The summed E-state index contributed by atoms with van der Waals surface area (Å²) in [4.78, 5) is 24.7. The van der Waals surface area contributed by atoms with Crippen LogP contribution < -0.4 is 20.7 Å². The van der Waals surface area contributed by atoms with E-state index < -0.39 is 0 Å². The van der Waals surface area contributed by atoms with E-state index in [0.29, 0.717) is 11.8 Å². The molecule has 5 rings (SSSR count). The minimum Gasteiger partial charge on any atom is -0.454 e. The highest BCUT2D eigenvalue weighted by Gasteiger charge is 2.39. The molecule has 1 amide bonds. The molecule has 3 heterocycles. The summed E-state index contributed by atoms with van der Waals surface area (Å²) in [6, 6.07) is 8.48. The Balaban J connectivity index is 1.58. The van der Waals surface area contributed by atoms with Crippen molar-refractivity contribution in [1.82, 2.24) is 10.3 Å². The molecule has 2 aromatic rings. The predicted molar refractivity (Wildman–Crippen MR) is 145 cm³/mol. The van der Waals surface area contributed by atoms with Crippen LogP contribution in [-0.2, 0) is 11.2 Å². The topological polar surface area (TPSA) is 92.8 Å². The number of fused-ring (bicyclic) bond motifs is 1. The van der Waals surface area contributed by atoms with Gasteiger partial charge in [-0.05, 0) is 96.7 Å². The second kappa shape index (κ2) is 10.4. The van der Waals surface area contributed by atoms with E-state index in [1.807, 2.05) is 43.2 Å². The van der Waals surface area contributed by atoms with Gasteiger partial charge in [-0.2, -0.15) is 0 Å². The first kappa shape index (κ1) is 24.5. The zero-order chi connectivity index (χ0) is 25.2. The maximum absolute atomic E-state index is 13.3. The van der Waals surface area contributed by atoms with Crippen molar-refractivity contribution in [3.63, 3.8) is 0 Å². The van der Waals surface area contributed by atoms with Crippen molar-refractivity contribution < 1.29 is 9.53 Å². The van der Waals surface area contributed by atoms with Crippen LogP contribution in [0, 0.1) is 19.8 Å². The van der Waals surface area contributed by atoms with Crippen LogP contribution in [0.4, 0.5) is 5.69 Å². The average Bonchev–Trinajstić information content (AvgIpc) is 3.72. The van der Waals surface area contributed by atoms with Crippen molar-refractivity contribution in [1.29, 1.82) is 0 Å². The quantitative estimate of drug-likeness (QED) is 0.577. The Labute approximate surface area is 213 Å². The lowest BCUT2D eigenvalue weighted by Crippen LogP contribution is -2.43. The van der Waals surface area contributed by atoms with Crippen LogP contribution in [0.2, 0.25) is 0 Å². The molecule has 7 nitrogen and oxygen atoms in total. The number of nitrogens with one attached hydrogen (secondary N) is 1. The highest BCUT2D eigenvalue weighted by atomic mass is 16.5. The summed E-state index contributed by atoms with van der Waals surface area (Å²) in [6.45, 7) is 8.05. The molecule has 1 atom stereocenters. The van der Waals surface area contributed by atoms with Gasteiger partial charge in [0.1, 0.15) is 11.5 Å². The van der Waals surface area contributed by atoms with E-state index in [4.69, 9.17) is 15.5 Å². The number of allylic oxidation sites excluding steroid dienone is 1. The van der Waals surface area contributed by atoms with Crippen molar-refractivity contribution in [2.24, 2.45) is 16.6 Å². The Morgan fingerprint density at radius 1 is 1.14 bits per heavy atom. The number of aromatic nitrogens is 1. The van der Waals surface area contributed by atoms with Crippen LogP contribution in [0.5, 0.6) is 11.5 Å². The highest BCUT2D eigenvalue weighted by Crippen LogP contribution is 2.45. The number of aryl methyl sites for hydroxylation is 2. The molecule has 190 valence electrons. The molecular weight excluding hydrogens is 450 g/mol. The molecule has 1 aromatic carbocycles. The number of pyridine rings is 1. The van der Waals surface area contributed by atoms with Crippen molar-refractivity contribution >= 4 is 23.4 Å². The van der Waals surface area contributed by atoms with Crippen molar-refractivity contribution in [3.8, 4) is 11.5 Å². The molecule has 0 unspecified atom stereocenters. The summed E-state index contributed by atoms with van der Waals surface area (Å²) in [5.41, 5.74) is 11.6. The van der Waals surface area contributed by atoms with Gasteiger partial charge in [-0.3, -0.25) is 14.8 Å². The second-order valence-corrected chi connectivity index (χ2v) is 10.3. The van der Waals surface area contributed by atoms with Crippen molar-refractivity contribution in [3.05, 3.63) is 53.0 Å². The standard InChI is InChI=1S/C29H37N5O2/c1-18-4-11-27(20(3)33-18)36-28-24(22(16-30)17-32-23-12-14-31-15-13-23)9-10-26-25(28)8-5-19(2)34(26)29(35)21-6-7-21/h4,9-11,16-17,19,21,23,31H,5-8,12-15,30H2,1-3H3/t19-/m0/s1. The minimum absolute atomic E-state index is 0.155.